The monoisotopic (exact) mass is 227 g/mol. The maximum atomic E-state index is 11.6. The van der Waals surface area contributed by atoms with Crippen LogP contribution in [0.3, 0.4) is 0 Å². The third kappa shape index (κ3) is 1.63. The second-order valence-corrected chi connectivity index (χ2v) is 3.69. The topological polar surface area (TPSA) is 32.9 Å². The summed E-state index contributed by atoms with van der Waals surface area (Å²) in [6, 6.07) is 6.65. The second kappa shape index (κ2) is 3.64. The Balaban J connectivity index is 2.83. The molecule has 0 amide bonds. The third-order valence-electron chi connectivity index (χ3n) is 1.99. The lowest BCUT2D eigenvalue weighted by Crippen LogP contribution is -2.03. The van der Waals surface area contributed by atoms with E-state index in [-0.39, 0.29) is 5.43 Å². The maximum Gasteiger partial charge on any atom is 0.189 e. The van der Waals surface area contributed by atoms with Crippen LogP contribution < -0.4 is 5.43 Å². The molecule has 72 valence electrons. The molecule has 0 saturated carbocycles. The smallest absolute Gasteiger partial charge is 0.189 e. The first-order valence-corrected chi connectivity index (χ1v) is 4.99. The summed E-state index contributed by atoms with van der Waals surface area (Å²) in [4.78, 5) is 14.6. The van der Waals surface area contributed by atoms with Crippen LogP contribution in [-0.2, 0) is 5.88 Å². The molecule has 0 spiro atoms. The third-order valence-corrected chi connectivity index (χ3v) is 2.51. The molecule has 0 atom stereocenters. The van der Waals surface area contributed by atoms with Gasteiger partial charge in [0.15, 0.2) is 5.43 Å². The standard InChI is InChI=1S/C10H7Cl2NO/c11-5-7-4-10(14)8-3-6(12)1-2-9(8)13-7/h1-4H,5H2,(H,13,14). The van der Waals surface area contributed by atoms with Crippen molar-refractivity contribution in [3.8, 4) is 0 Å². The molecule has 2 aromatic rings. The zero-order valence-electron chi connectivity index (χ0n) is 7.18. The van der Waals surface area contributed by atoms with E-state index in [1.165, 1.54) is 6.07 Å². The second-order valence-electron chi connectivity index (χ2n) is 2.98. The number of aromatic amines is 1. The molecule has 14 heavy (non-hydrogen) atoms. The minimum Gasteiger partial charge on any atom is -0.357 e. The summed E-state index contributed by atoms with van der Waals surface area (Å²) in [5, 5.41) is 1.15. The highest BCUT2D eigenvalue weighted by Crippen LogP contribution is 2.15. The fourth-order valence-electron chi connectivity index (χ4n) is 1.35. The fraction of sp³-hybridized carbons (Fsp3) is 0.100. The first-order valence-electron chi connectivity index (χ1n) is 4.08. The van der Waals surface area contributed by atoms with E-state index < -0.39 is 0 Å². The van der Waals surface area contributed by atoms with Crippen LogP contribution in [0.5, 0.6) is 0 Å². The summed E-state index contributed by atoms with van der Waals surface area (Å²) < 4.78 is 0. The van der Waals surface area contributed by atoms with E-state index in [1.807, 2.05) is 0 Å². The van der Waals surface area contributed by atoms with Crippen molar-refractivity contribution in [3.63, 3.8) is 0 Å². The lowest BCUT2D eigenvalue weighted by molar-refractivity contribution is 1.21. The van der Waals surface area contributed by atoms with Crippen LogP contribution in [0.1, 0.15) is 5.69 Å². The molecule has 0 radical (unpaired) electrons. The zero-order chi connectivity index (χ0) is 10.1. The summed E-state index contributed by atoms with van der Waals surface area (Å²) in [5.74, 6) is 0.299. The van der Waals surface area contributed by atoms with Crippen LogP contribution in [-0.4, -0.2) is 4.98 Å². The van der Waals surface area contributed by atoms with Crippen molar-refractivity contribution < 1.29 is 0 Å². The van der Waals surface area contributed by atoms with Crippen molar-refractivity contribution in [2.75, 3.05) is 0 Å². The minimum absolute atomic E-state index is 0.0584. The number of rotatable bonds is 1. The van der Waals surface area contributed by atoms with Crippen molar-refractivity contribution in [3.05, 3.63) is 45.2 Å². The van der Waals surface area contributed by atoms with Crippen molar-refractivity contribution in [1.82, 2.24) is 4.98 Å². The van der Waals surface area contributed by atoms with Gasteiger partial charge in [-0.1, -0.05) is 11.6 Å². The van der Waals surface area contributed by atoms with Gasteiger partial charge in [0, 0.05) is 27.7 Å². The molecule has 0 unspecified atom stereocenters. The average molecular weight is 228 g/mol. The predicted molar refractivity (Wildman–Crippen MR) is 59.1 cm³/mol. The van der Waals surface area contributed by atoms with Gasteiger partial charge in [0.25, 0.3) is 0 Å². The van der Waals surface area contributed by atoms with Crippen LogP contribution in [0.25, 0.3) is 10.9 Å². The van der Waals surface area contributed by atoms with Gasteiger partial charge in [0.1, 0.15) is 0 Å². The number of hydrogen-bond donors (Lipinski definition) is 1. The van der Waals surface area contributed by atoms with Crippen LogP contribution >= 0.6 is 23.2 Å². The Kier molecular flexibility index (Phi) is 2.48. The minimum atomic E-state index is -0.0584. The number of H-pyrrole nitrogens is 1. The van der Waals surface area contributed by atoms with Gasteiger partial charge in [-0.3, -0.25) is 4.79 Å². The van der Waals surface area contributed by atoms with Crippen molar-refractivity contribution in [1.29, 1.82) is 0 Å². The van der Waals surface area contributed by atoms with Crippen LogP contribution in [0, 0.1) is 0 Å². The highest BCUT2D eigenvalue weighted by Gasteiger charge is 2.01. The highest BCUT2D eigenvalue weighted by atomic mass is 35.5. The van der Waals surface area contributed by atoms with E-state index in [9.17, 15) is 4.79 Å². The Morgan fingerprint density at radius 3 is 2.79 bits per heavy atom. The van der Waals surface area contributed by atoms with Gasteiger partial charge in [-0.25, -0.2) is 0 Å². The van der Waals surface area contributed by atoms with Gasteiger partial charge in [0.2, 0.25) is 0 Å². The van der Waals surface area contributed by atoms with E-state index >= 15 is 0 Å². The molecule has 0 aliphatic carbocycles. The number of pyridine rings is 1. The zero-order valence-corrected chi connectivity index (χ0v) is 8.69. The summed E-state index contributed by atoms with van der Waals surface area (Å²) in [6.45, 7) is 0. The van der Waals surface area contributed by atoms with Gasteiger partial charge in [0.05, 0.1) is 5.88 Å². The summed E-state index contributed by atoms with van der Waals surface area (Å²) in [5.41, 5.74) is 1.42. The number of fused-ring (bicyclic) bond motifs is 1. The lowest BCUT2D eigenvalue weighted by Gasteiger charge is -2.01. The number of alkyl halides is 1. The Labute approximate surface area is 90.5 Å². The van der Waals surface area contributed by atoms with E-state index in [4.69, 9.17) is 23.2 Å². The Bertz CT molecular complexity index is 533. The summed E-state index contributed by atoms with van der Waals surface area (Å²) >= 11 is 11.4. The Morgan fingerprint density at radius 1 is 1.29 bits per heavy atom. The van der Waals surface area contributed by atoms with Gasteiger partial charge >= 0.3 is 0 Å². The van der Waals surface area contributed by atoms with E-state index in [2.05, 4.69) is 4.98 Å². The van der Waals surface area contributed by atoms with Crippen LogP contribution in [0.2, 0.25) is 5.02 Å². The first-order chi connectivity index (χ1) is 6.70. The lowest BCUT2D eigenvalue weighted by atomic mass is 10.2. The average Bonchev–Trinajstić information content (AvgIpc) is 2.19. The first kappa shape index (κ1) is 9.56. The maximum absolute atomic E-state index is 11.6. The van der Waals surface area contributed by atoms with Gasteiger partial charge in [-0.2, -0.15) is 0 Å². The molecule has 1 aromatic heterocycles. The molecule has 0 bridgehead atoms. The van der Waals surface area contributed by atoms with Crippen LogP contribution in [0.15, 0.2) is 29.1 Å². The molecule has 0 saturated heterocycles. The van der Waals surface area contributed by atoms with Crippen LogP contribution in [0.4, 0.5) is 0 Å². The van der Waals surface area contributed by atoms with Gasteiger partial charge in [-0.15, -0.1) is 11.6 Å². The molecule has 1 N–H and O–H groups in total. The molecule has 0 aliphatic heterocycles. The molecule has 2 nitrogen and oxygen atoms in total. The molecule has 1 aromatic carbocycles. The molecule has 4 heteroatoms. The molecular formula is C10H7Cl2NO. The number of hydrogen-bond acceptors (Lipinski definition) is 1. The largest absolute Gasteiger partial charge is 0.357 e. The number of aromatic nitrogens is 1. The molecule has 2 rings (SSSR count). The SMILES string of the molecule is O=c1cc(CCl)[nH]c2ccc(Cl)cc12. The quantitative estimate of drug-likeness (QED) is 0.748. The van der Waals surface area contributed by atoms with Crippen molar-refractivity contribution >= 4 is 34.1 Å². The van der Waals surface area contributed by atoms with Crippen molar-refractivity contribution in [2.24, 2.45) is 0 Å². The molecule has 0 aliphatic rings. The van der Waals surface area contributed by atoms with Gasteiger partial charge < -0.3 is 4.98 Å². The molecular weight excluding hydrogens is 221 g/mol. The summed E-state index contributed by atoms with van der Waals surface area (Å²) in [7, 11) is 0. The Morgan fingerprint density at radius 2 is 2.07 bits per heavy atom. The number of nitrogens with one attached hydrogen (secondary N) is 1. The van der Waals surface area contributed by atoms with Crippen molar-refractivity contribution in [2.45, 2.75) is 5.88 Å². The fourth-order valence-corrected chi connectivity index (χ4v) is 1.66. The van der Waals surface area contributed by atoms with Gasteiger partial charge in [-0.05, 0) is 18.2 Å². The highest BCUT2D eigenvalue weighted by molar-refractivity contribution is 6.31. The number of halogens is 2. The molecule has 0 fully saturated rings. The van der Waals surface area contributed by atoms with E-state index in [0.717, 1.165) is 5.52 Å². The number of benzene rings is 1. The summed E-state index contributed by atoms with van der Waals surface area (Å²) in [6.07, 6.45) is 0. The Hall–Kier alpha value is -0.990. The molecule has 1 heterocycles. The predicted octanol–water partition coefficient (Wildman–Crippen LogP) is 2.92. The van der Waals surface area contributed by atoms with E-state index in [1.54, 1.807) is 18.2 Å². The normalized spacial score (nSPS) is 10.7. The van der Waals surface area contributed by atoms with E-state index in [0.29, 0.717) is 22.0 Å².